The standard InChI is InChI=1S/C22H31N3O4S/c1-14-9-15(2)11-16(10-14)13-25-19-6-5-17(30(28,29)23-22(3)7-8-22)12-18(19)20(26)24(4)21(25)27/h9-11,17-19,23H,5-8,12-13H2,1-4H3. The first-order valence-corrected chi connectivity index (χ1v) is 12.2. The number of aryl methyl sites for hydroxylation is 2. The number of nitrogens with zero attached hydrogens (tertiary/aromatic N) is 2. The molecule has 1 aliphatic heterocycles. The largest absolute Gasteiger partial charge is 0.327 e. The zero-order valence-electron chi connectivity index (χ0n) is 18.1. The Balaban J connectivity index is 1.56. The highest BCUT2D eigenvalue weighted by molar-refractivity contribution is 7.90. The molecule has 8 heteroatoms. The number of hydrogen-bond donors (Lipinski definition) is 1. The maximum atomic E-state index is 12.9. The Morgan fingerprint density at radius 2 is 1.73 bits per heavy atom. The van der Waals surface area contributed by atoms with Crippen LogP contribution in [-0.2, 0) is 21.4 Å². The van der Waals surface area contributed by atoms with E-state index < -0.39 is 21.2 Å². The van der Waals surface area contributed by atoms with Gasteiger partial charge >= 0.3 is 6.03 Å². The fraction of sp³-hybridized carbons (Fsp3) is 0.636. The molecule has 3 unspecified atom stereocenters. The molecule has 2 aliphatic carbocycles. The summed E-state index contributed by atoms with van der Waals surface area (Å²) in [5.74, 6) is -0.750. The fourth-order valence-electron chi connectivity index (χ4n) is 4.97. The Kier molecular flexibility index (Phi) is 5.21. The summed E-state index contributed by atoms with van der Waals surface area (Å²) < 4.78 is 28.6. The van der Waals surface area contributed by atoms with E-state index in [1.807, 2.05) is 20.8 Å². The van der Waals surface area contributed by atoms with Gasteiger partial charge in [0.1, 0.15) is 0 Å². The summed E-state index contributed by atoms with van der Waals surface area (Å²) in [4.78, 5) is 28.8. The van der Waals surface area contributed by atoms with Gasteiger partial charge in [-0.2, -0.15) is 0 Å². The van der Waals surface area contributed by atoms with E-state index in [0.29, 0.717) is 19.4 Å². The molecule has 164 valence electrons. The number of carbonyl (C=O) groups is 2. The van der Waals surface area contributed by atoms with Gasteiger partial charge in [0.05, 0.1) is 11.2 Å². The minimum absolute atomic E-state index is 0.259. The minimum atomic E-state index is -3.50. The van der Waals surface area contributed by atoms with Gasteiger partial charge < -0.3 is 4.90 Å². The first-order chi connectivity index (χ1) is 14.0. The molecule has 3 amide bonds. The van der Waals surface area contributed by atoms with E-state index in [-0.39, 0.29) is 29.9 Å². The van der Waals surface area contributed by atoms with Crippen LogP contribution in [0.1, 0.15) is 55.7 Å². The summed E-state index contributed by atoms with van der Waals surface area (Å²) >= 11 is 0. The number of benzene rings is 1. The van der Waals surface area contributed by atoms with E-state index in [1.54, 1.807) is 4.90 Å². The molecule has 1 heterocycles. The topological polar surface area (TPSA) is 86.8 Å². The quantitative estimate of drug-likeness (QED) is 0.774. The number of imide groups is 1. The molecule has 3 atom stereocenters. The van der Waals surface area contributed by atoms with Crippen molar-refractivity contribution in [2.24, 2.45) is 5.92 Å². The van der Waals surface area contributed by atoms with Crippen LogP contribution < -0.4 is 4.72 Å². The Hall–Kier alpha value is -1.93. The molecule has 2 saturated carbocycles. The molecule has 3 fully saturated rings. The zero-order valence-corrected chi connectivity index (χ0v) is 19.0. The monoisotopic (exact) mass is 433 g/mol. The van der Waals surface area contributed by atoms with Crippen LogP contribution in [0.25, 0.3) is 0 Å². The molecule has 0 bridgehead atoms. The summed E-state index contributed by atoms with van der Waals surface area (Å²) in [6.45, 7) is 6.39. The number of rotatable bonds is 5. The lowest BCUT2D eigenvalue weighted by Crippen LogP contribution is -2.62. The highest BCUT2D eigenvalue weighted by Gasteiger charge is 2.51. The Morgan fingerprint density at radius 3 is 2.33 bits per heavy atom. The van der Waals surface area contributed by atoms with E-state index in [1.165, 1.54) is 7.05 Å². The van der Waals surface area contributed by atoms with Crippen molar-refractivity contribution in [2.45, 2.75) is 76.3 Å². The maximum Gasteiger partial charge on any atom is 0.327 e. The van der Waals surface area contributed by atoms with Crippen LogP contribution in [0.4, 0.5) is 4.79 Å². The van der Waals surface area contributed by atoms with E-state index in [0.717, 1.165) is 34.4 Å². The summed E-state index contributed by atoms with van der Waals surface area (Å²) in [6.07, 6.45) is 2.94. The van der Waals surface area contributed by atoms with Crippen LogP contribution in [0.5, 0.6) is 0 Å². The molecule has 30 heavy (non-hydrogen) atoms. The molecule has 7 nitrogen and oxygen atoms in total. The molecular formula is C22H31N3O4S. The number of urea groups is 1. The van der Waals surface area contributed by atoms with Gasteiger partial charge in [0.25, 0.3) is 0 Å². The average Bonchev–Trinajstić information content (AvgIpc) is 3.38. The third-order valence-corrected chi connectivity index (χ3v) is 8.89. The first kappa shape index (κ1) is 21.3. The van der Waals surface area contributed by atoms with Crippen molar-refractivity contribution in [2.75, 3.05) is 7.05 Å². The van der Waals surface area contributed by atoms with Crippen molar-refractivity contribution in [1.82, 2.24) is 14.5 Å². The molecule has 1 saturated heterocycles. The van der Waals surface area contributed by atoms with Crippen molar-refractivity contribution in [3.8, 4) is 0 Å². The summed E-state index contributed by atoms with van der Waals surface area (Å²) in [7, 11) is -2.00. The van der Waals surface area contributed by atoms with Crippen LogP contribution >= 0.6 is 0 Å². The third kappa shape index (κ3) is 3.99. The summed E-state index contributed by atoms with van der Waals surface area (Å²) in [5.41, 5.74) is 2.96. The second-order valence-corrected chi connectivity index (χ2v) is 11.6. The zero-order chi connectivity index (χ0) is 21.8. The average molecular weight is 434 g/mol. The van der Waals surface area contributed by atoms with Crippen LogP contribution in [0.2, 0.25) is 0 Å². The summed E-state index contributed by atoms with van der Waals surface area (Å²) in [6, 6.07) is 5.64. The predicted molar refractivity (Wildman–Crippen MR) is 114 cm³/mol. The molecule has 1 aromatic rings. The lowest BCUT2D eigenvalue weighted by atomic mass is 9.80. The normalized spacial score (nSPS) is 28.5. The van der Waals surface area contributed by atoms with Gasteiger partial charge in [-0.3, -0.25) is 9.69 Å². The van der Waals surface area contributed by atoms with Crippen molar-refractivity contribution < 1.29 is 18.0 Å². The molecule has 1 aromatic carbocycles. The van der Waals surface area contributed by atoms with Crippen molar-refractivity contribution >= 4 is 22.0 Å². The maximum absolute atomic E-state index is 12.9. The Bertz CT molecular complexity index is 966. The second-order valence-electron chi connectivity index (χ2n) is 9.62. The van der Waals surface area contributed by atoms with Crippen molar-refractivity contribution in [3.05, 3.63) is 34.9 Å². The van der Waals surface area contributed by atoms with E-state index >= 15 is 0 Å². The molecular weight excluding hydrogens is 402 g/mol. The third-order valence-electron chi connectivity index (χ3n) is 6.81. The number of nitrogens with one attached hydrogen (secondary N) is 1. The number of carbonyl (C=O) groups excluding carboxylic acids is 2. The van der Waals surface area contributed by atoms with Crippen LogP contribution in [0.3, 0.4) is 0 Å². The smallest absolute Gasteiger partial charge is 0.316 e. The van der Waals surface area contributed by atoms with Gasteiger partial charge in [-0.15, -0.1) is 0 Å². The van der Waals surface area contributed by atoms with Crippen LogP contribution in [-0.4, -0.2) is 54.0 Å². The molecule has 4 rings (SSSR count). The second kappa shape index (κ2) is 7.34. The number of fused-ring (bicyclic) bond motifs is 1. The van der Waals surface area contributed by atoms with E-state index in [9.17, 15) is 18.0 Å². The molecule has 3 aliphatic rings. The van der Waals surface area contributed by atoms with Crippen molar-refractivity contribution in [1.29, 1.82) is 0 Å². The lowest BCUT2D eigenvalue weighted by molar-refractivity contribution is -0.139. The van der Waals surface area contributed by atoms with Crippen LogP contribution in [0.15, 0.2) is 18.2 Å². The number of amides is 3. The number of sulfonamides is 1. The fourth-order valence-corrected chi connectivity index (χ4v) is 6.94. The van der Waals surface area contributed by atoms with Crippen LogP contribution in [0, 0.1) is 19.8 Å². The van der Waals surface area contributed by atoms with Crippen molar-refractivity contribution in [3.63, 3.8) is 0 Å². The Morgan fingerprint density at radius 1 is 1.10 bits per heavy atom. The highest BCUT2D eigenvalue weighted by Crippen LogP contribution is 2.40. The first-order valence-electron chi connectivity index (χ1n) is 10.7. The van der Waals surface area contributed by atoms with E-state index in [2.05, 4.69) is 22.9 Å². The lowest BCUT2D eigenvalue weighted by Gasteiger charge is -2.47. The Labute approximate surface area is 178 Å². The molecule has 0 radical (unpaired) electrons. The molecule has 1 N–H and O–H groups in total. The minimum Gasteiger partial charge on any atom is -0.316 e. The van der Waals surface area contributed by atoms with Gasteiger partial charge in [-0.05, 0) is 58.4 Å². The van der Waals surface area contributed by atoms with Gasteiger partial charge in [-0.25, -0.2) is 17.9 Å². The van der Waals surface area contributed by atoms with Gasteiger partial charge in [0, 0.05) is 25.2 Å². The van der Waals surface area contributed by atoms with E-state index in [4.69, 9.17) is 0 Å². The molecule has 0 spiro atoms. The highest BCUT2D eigenvalue weighted by atomic mass is 32.2. The van der Waals surface area contributed by atoms with Gasteiger partial charge in [0.15, 0.2) is 0 Å². The van der Waals surface area contributed by atoms with Gasteiger partial charge in [-0.1, -0.05) is 29.3 Å². The molecule has 0 aromatic heterocycles. The predicted octanol–water partition coefficient (Wildman–Crippen LogP) is 2.71. The number of hydrogen-bond acceptors (Lipinski definition) is 4. The summed E-state index contributed by atoms with van der Waals surface area (Å²) in [5, 5.41) is -0.593. The SMILES string of the molecule is Cc1cc(C)cc(CN2C(=O)N(C)C(=O)C3CC(S(=O)(=O)NC4(C)CC4)CCC32)c1. The van der Waals surface area contributed by atoms with Gasteiger partial charge in [0.2, 0.25) is 15.9 Å².